The van der Waals surface area contributed by atoms with Crippen molar-refractivity contribution in [2.75, 3.05) is 13.1 Å². The average molecular weight is 246 g/mol. The molecular weight excluding hydrogens is 224 g/mol. The molecule has 0 saturated carbocycles. The predicted molar refractivity (Wildman–Crippen MR) is 63.3 cm³/mol. The minimum atomic E-state index is -1.41. The van der Waals surface area contributed by atoms with Gasteiger partial charge in [0.2, 0.25) is 5.91 Å². The Labute approximate surface area is 101 Å². The topological polar surface area (TPSA) is 113 Å². The summed E-state index contributed by atoms with van der Waals surface area (Å²) in [5.74, 6) is -0.974. The third-order valence-corrected chi connectivity index (χ3v) is 2.55. The Morgan fingerprint density at radius 3 is 2.47 bits per heavy atom. The Hall–Kier alpha value is -1.14. The summed E-state index contributed by atoms with van der Waals surface area (Å²) < 4.78 is 0. The van der Waals surface area contributed by atoms with Crippen LogP contribution in [0.25, 0.3) is 0 Å². The highest BCUT2D eigenvalue weighted by Crippen LogP contribution is 2.08. The van der Waals surface area contributed by atoms with Crippen molar-refractivity contribution in [2.45, 2.75) is 38.7 Å². The molecule has 100 valence electrons. The number of hydrogen-bond acceptors (Lipinski definition) is 4. The molecule has 0 aromatic heterocycles. The number of amides is 1. The lowest BCUT2D eigenvalue weighted by molar-refractivity contribution is -0.147. The summed E-state index contributed by atoms with van der Waals surface area (Å²) in [5, 5.41) is 19.9. The van der Waals surface area contributed by atoms with Crippen LogP contribution in [0.3, 0.4) is 0 Å². The van der Waals surface area contributed by atoms with E-state index in [2.05, 4.69) is 5.32 Å². The van der Waals surface area contributed by atoms with Gasteiger partial charge in [0.05, 0.1) is 0 Å². The largest absolute Gasteiger partial charge is 0.479 e. The van der Waals surface area contributed by atoms with Crippen LogP contribution >= 0.6 is 0 Å². The lowest BCUT2D eigenvalue weighted by Crippen LogP contribution is -2.30. The fourth-order valence-corrected chi connectivity index (χ4v) is 1.37. The van der Waals surface area contributed by atoms with E-state index >= 15 is 0 Å². The lowest BCUT2D eigenvalue weighted by Gasteiger charge is -2.10. The summed E-state index contributed by atoms with van der Waals surface area (Å²) in [7, 11) is 0. The smallest absolute Gasteiger partial charge is 0.332 e. The molecule has 0 bridgehead atoms. The molecular formula is C11H22N2O4. The Kier molecular flexibility index (Phi) is 8.35. The van der Waals surface area contributed by atoms with Gasteiger partial charge in [-0.1, -0.05) is 6.92 Å². The Balaban J connectivity index is 3.56. The lowest BCUT2D eigenvalue weighted by atomic mass is 10.0. The first-order chi connectivity index (χ1) is 7.97. The van der Waals surface area contributed by atoms with Gasteiger partial charge in [0.1, 0.15) is 0 Å². The van der Waals surface area contributed by atoms with Gasteiger partial charge in [-0.15, -0.1) is 0 Å². The zero-order valence-electron chi connectivity index (χ0n) is 10.2. The molecule has 6 nitrogen and oxygen atoms in total. The third kappa shape index (κ3) is 8.65. The van der Waals surface area contributed by atoms with Crippen LogP contribution in [0.5, 0.6) is 0 Å². The fourth-order valence-electron chi connectivity index (χ4n) is 1.37. The third-order valence-electron chi connectivity index (χ3n) is 2.55. The maximum atomic E-state index is 11.3. The highest BCUT2D eigenvalue weighted by Gasteiger charge is 2.13. The number of aliphatic hydroxyl groups is 1. The van der Waals surface area contributed by atoms with E-state index in [-0.39, 0.29) is 18.9 Å². The summed E-state index contributed by atoms with van der Waals surface area (Å²) in [6.07, 6.45) is 0.686. The number of nitrogens with one attached hydrogen (secondary N) is 1. The van der Waals surface area contributed by atoms with E-state index < -0.39 is 12.1 Å². The summed E-state index contributed by atoms with van der Waals surface area (Å²) in [6, 6.07) is 0. The van der Waals surface area contributed by atoms with Crippen molar-refractivity contribution in [3.8, 4) is 0 Å². The molecule has 1 amide bonds. The molecule has 2 atom stereocenters. The van der Waals surface area contributed by atoms with Crippen LogP contribution < -0.4 is 11.1 Å². The summed E-state index contributed by atoms with van der Waals surface area (Å²) in [4.78, 5) is 21.6. The quantitative estimate of drug-likeness (QED) is 0.446. The van der Waals surface area contributed by atoms with Crippen molar-refractivity contribution in [1.82, 2.24) is 5.32 Å². The molecule has 0 aromatic rings. The van der Waals surface area contributed by atoms with Gasteiger partial charge in [-0.2, -0.15) is 0 Å². The monoisotopic (exact) mass is 246 g/mol. The van der Waals surface area contributed by atoms with Gasteiger partial charge in [-0.05, 0) is 25.3 Å². The molecule has 0 aliphatic heterocycles. The van der Waals surface area contributed by atoms with E-state index in [0.29, 0.717) is 18.9 Å². The van der Waals surface area contributed by atoms with Crippen LogP contribution in [0.15, 0.2) is 0 Å². The molecule has 0 saturated heterocycles. The standard InChI is InChI=1S/C11H22N2O4/c1-8(4-6-12)2-3-10(15)13-7-5-9(14)11(16)17/h8-9,14H,2-7,12H2,1H3,(H,13,15)(H,16,17)/t8?,9-/m0/s1. The highest BCUT2D eigenvalue weighted by atomic mass is 16.4. The number of nitrogens with two attached hydrogens (primary N) is 1. The van der Waals surface area contributed by atoms with Gasteiger partial charge in [-0.25, -0.2) is 4.79 Å². The second-order valence-electron chi connectivity index (χ2n) is 4.21. The average Bonchev–Trinajstić information content (AvgIpc) is 2.26. The molecule has 1 unspecified atom stereocenters. The van der Waals surface area contributed by atoms with Crippen LogP contribution in [-0.2, 0) is 9.59 Å². The minimum absolute atomic E-state index is 0.0272. The Morgan fingerprint density at radius 1 is 1.29 bits per heavy atom. The first-order valence-corrected chi connectivity index (χ1v) is 5.85. The minimum Gasteiger partial charge on any atom is -0.479 e. The van der Waals surface area contributed by atoms with Gasteiger partial charge < -0.3 is 21.3 Å². The number of carboxylic acids is 1. The van der Waals surface area contributed by atoms with E-state index in [1.54, 1.807) is 0 Å². The second kappa shape index (κ2) is 8.95. The zero-order chi connectivity index (χ0) is 13.3. The molecule has 0 radical (unpaired) electrons. The molecule has 5 N–H and O–H groups in total. The van der Waals surface area contributed by atoms with Crippen molar-refractivity contribution in [3.05, 3.63) is 0 Å². The fraction of sp³-hybridized carbons (Fsp3) is 0.818. The number of aliphatic hydroxyl groups excluding tert-OH is 1. The second-order valence-corrected chi connectivity index (χ2v) is 4.21. The molecule has 0 fully saturated rings. The molecule has 0 aliphatic carbocycles. The summed E-state index contributed by atoms with van der Waals surface area (Å²) in [6.45, 7) is 2.83. The Bertz CT molecular complexity index is 246. The van der Waals surface area contributed by atoms with E-state index in [1.165, 1.54) is 0 Å². The van der Waals surface area contributed by atoms with Gasteiger partial charge >= 0.3 is 5.97 Å². The van der Waals surface area contributed by atoms with Gasteiger partial charge in [0.15, 0.2) is 6.10 Å². The summed E-state index contributed by atoms with van der Waals surface area (Å²) >= 11 is 0. The van der Waals surface area contributed by atoms with Gasteiger partial charge in [0.25, 0.3) is 0 Å². The first kappa shape index (κ1) is 15.9. The molecule has 0 spiro atoms. The zero-order valence-corrected chi connectivity index (χ0v) is 10.2. The van der Waals surface area contributed by atoms with E-state index in [4.69, 9.17) is 15.9 Å². The Morgan fingerprint density at radius 2 is 1.94 bits per heavy atom. The van der Waals surface area contributed by atoms with Crippen molar-refractivity contribution >= 4 is 11.9 Å². The number of carbonyl (C=O) groups excluding carboxylic acids is 1. The molecule has 0 rings (SSSR count). The van der Waals surface area contributed by atoms with E-state index in [1.807, 2.05) is 6.92 Å². The summed E-state index contributed by atoms with van der Waals surface area (Å²) in [5.41, 5.74) is 5.39. The number of carbonyl (C=O) groups is 2. The van der Waals surface area contributed by atoms with Crippen LogP contribution in [0, 0.1) is 5.92 Å². The highest BCUT2D eigenvalue weighted by molar-refractivity contribution is 5.76. The van der Waals surface area contributed by atoms with Crippen LogP contribution in [-0.4, -0.2) is 41.3 Å². The van der Waals surface area contributed by atoms with Crippen LogP contribution in [0.1, 0.15) is 32.6 Å². The molecule has 17 heavy (non-hydrogen) atoms. The SMILES string of the molecule is CC(CCN)CCC(=O)NCC[C@H](O)C(=O)O. The number of hydrogen-bond donors (Lipinski definition) is 4. The first-order valence-electron chi connectivity index (χ1n) is 5.85. The maximum absolute atomic E-state index is 11.3. The van der Waals surface area contributed by atoms with Crippen LogP contribution in [0.2, 0.25) is 0 Å². The van der Waals surface area contributed by atoms with E-state index in [0.717, 1.165) is 12.8 Å². The molecule has 0 aliphatic rings. The van der Waals surface area contributed by atoms with Crippen molar-refractivity contribution in [1.29, 1.82) is 0 Å². The molecule has 0 heterocycles. The van der Waals surface area contributed by atoms with Crippen molar-refractivity contribution < 1.29 is 19.8 Å². The van der Waals surface area contributed by atoms with E-state index in [9.17, 15) is 9.59 Å². The van der Waals surface area contributed by atoms with Gasteiger partial charge in [0, 0.05) is 19.4 Å². The van der Waals surface area contributed by atoms with Gasteiger partial charge in [-0.3, -0.25) is 4.79 Å². The van der Waals surface area contributed by atoms with Crippen molar-refractivity contribution in [2.24, 2.45) is 11.7 Å². The maximum Gasteiger partial charge on any atom is 0.332 e. The normalized spacial score (nSPS) is 14.1. The number of rotatable bonds is 9. The predicted octanol–water partition coefficient (Wildman–Crippen LogP) is -0.297. The molecule has 0 aromatic carbocycles. The van der Waals surface area contributed by atoms with Crippen molar-refractivity contribution in [3.63, 3.8) is 0 Å². The van der Waals surface area contributed by atoms with Crippen LogP contribution in [0.4, 0.5) is 0 Å². The number of aliphatic carboxylic acids is 1. The number of carboxylic acid groups (broad SMARTS) is 1. The molecule has 6 heteroatoms.